The van der Waals surface area contributed by atoms with Gasteiger partial charge in [0.15, 0.2) is 0 Å². The molecule has 3 rings (SSSR count). The number of hydrogen-bond acceptors (Lipinski definition) is 2. The first-order chi connectivity index (χ1) is 11.3. The number of halogens is 1. The van der Waals surface area contributed by atoms with E-state index < -0.39 is 0 Å². The van der Waals surface area contributed by atoms with Gasteiger partial charge >= 0.3 is 0 Å². The molecule has 0 N–H and O–H groups in total. The minimum absolute atomic E-state index is 0.585. The summed E-state index contributed by atoms with van der Waals surface area (Å²) in [5, 5.41) is 10.0. The Balaban J connectivity index is 1.84. The van der Waals surface area contributed by atoms with Crippen LogP contribution < -0.4 is 4.90 Å². The molecule has 0 unspecified atom stereocenters. The van der Waals surface area contributed by atoms with Crippen LogP contribution in [0.25, 0.3) is 11.6 Å². The van der Waals surface area contributed by atoms with Crippen molar-refractivity contribution in [1.29, 1.82) is 5.26 Å². The molecular weight excluding hydrogens is 304 g/mol. The zero-order chi connectivity index (χ0) is 16.1. The summed E-state index contributed by atoms with van der Waals surface area (Å²) in [7, 11) is 0. The summed E-state index contributed by atoms with van der Waals surface area (Å²) < 4.78 is 0. The number of rotatable bonds is 3. The fourth-order valence-electron chi connectivity index (χ4n) is 2.95. The summed E-state index contributed by atoms with van der Waals surface area (Å²) in [5.74, 6) is 0. The molecule has 1 heterocycles. The van der Waals surface area contributed by atoms with Gasteiger partial charge in [-0.1, -0.05) is 41.9 Å². The standard InChI is InChI=1S/C20H19ClN2/c21-20-7-3-2-6-19(20)17(15-22)14-16-8-10-18(11-9-16)23-12-4-1-5-13-23/h2-3,6-11,14H,1,4-5,12-13H2/b17-14+. The third kappa shape index (κ3) is 3.75. The van der Waals surface area contributed by atoms with E-state index >= 15 is 0 Å². The molecule has 116 valence electrons. The van der Waals surface area contributed by atoms with E-state index in [1.807, 2.05) is 30.3 Å². The Kier molecular flexibility index (Phi) is 5.00. The van der Waals surface area contributed by atoms with Gasteiger partial charge in [0.2, 0.25) is 0 Å². The maximum absolute atomic E-state index is 9.44. The average Bonchev–Trinajstić information content (AvgIpc) is 2.62. The van der Waals surface area contributed by atoms with Gasteiger partial charge in [-0.25, -0.2) is 0 Å². The van der Waals surface area contributed by atoms with Gasteiger partial charge < -0.3 is 4.90 Å². The van der Waals surface area contributed by atoms with Crippen molar-refractivity contribution in [3.8, 4) is 6.07 Å². The van der Waals surface area contributed by atoms with Gasteiger partial charge in [-0.3, -0.25) is 0 Å². The molecule has 0 amide bonds. The lowest BCUT2D eigenvalue weighted by molar-refractivity contribution is 0.578. The van der Waals surface area contributed by atoms with Crippen molar-refractivity contribution in [3.05, 3.63) is 64.7 Å². The number of nitriles is 1. The van der Waals surface area contributed by atoms with E-state index in [1.54, 1.807) is 0 Å². The Morgan fingerprint density at radius 3 is 2.35 bits per heavy atom. The summed E-state index contributed by atoms with van der Waals surface area (Å²) in [6.45, 7) is 2.27. The first-order valence-electron chi connectivity index (χ1n) is 7.99. The molecular formula is C20H19ClN2. The monoisotopic (exact) mass is 322 g/mol. The van der Waals surface area contributed by atoms with Crippen LogP contribution in [0.15, 0.2) is 48.5 Å². The molecule has 1 aliphatic heterocycles. The summed E-state index contributed by atoms with van der Waals surface area (Å²) in [5.41, 5.74) is 3.64. The van der Waals surface area contributed by atoms with E-state index in [1.165, 1.54) is 24.9 Å². The second kappa shape index (κ2) is 7.35. The number of benzene rings is 2. The second-order valence-electron chi connectivity index (χ2n) is 5.79. The van der Waals surface area contributed by atoms with Crippen LogP contribution in [0.1, 0.15) is 30.4 Å². The summed E-state index contributed by atoms with van der Waals surface area (Å²) in [6.07, 6.45) is 5.77. The molecule has 1 fully saturated rings. The number of anilines is 1. The Bertz CT molecular complexity index is 735. The smallest absolute Gasteiger partial charge is 0.0998 e. The molecule has 0 atom stereocenters. The predicted molar refractivity (Wildman–Crippen MR) is 97.4 cm³/mol. The molecule has 0 radical (unpaired) electrons. The van der Waals surface area contributed by atoms with Gasteiger partial charge in [-0.15, -0.1) is 0 Å². The third-order valence-corrected chi connectivity index (χ3v) is 4.54. The minimum atomic E-state index is 0.585. The lowest BCUT2D eigenvalue weighted by Gasteiger charge is -2.28. The topological polar surface area (TPSA) is 27.0 Å². The summed E-state index contributed by atoms with van der Waals surface area (Å²) >= 11 is 6.19. The maximum atomic E-state index is 9.44. The number of hydrogen-bond donors (Lipinski definition) is 0. The van der Waals surface area contributed by atoms with E-state index in [0.717, 1.165) is 24.2 Å². The third-order valence-electron chi connectivity index (χ3n) is 4.21. The number of piperidine rings is 1. The Labute approximate surface area is 142 Å². The minimum Gasteiger partial charge on any atom is -0.372 e. The molecule has 0 spiro atoms. The van der Waals surface area contributed by atoms with Gasteiger partial charge in [0.25, 0.3) is 0 Å². The van der Waals surface area contributed by atoms with Crippen molar-refractivity contribution in [2.75, 3.05) is 18.0 Å². The van der Waals surface area contributed by atoms with E-state index in [2.05, 4.69) is 35.2 Å². The van der Waals surface area contributed by atoms with E-state index in [0.29, 0.717) is 10.6 Å². The quantitative estimate of drug-likeness (QED) is 0.559. The van der Waals surface area contributed by atoms with Crippen LogP contribution in [-0.4, -0.2) is 13.1 Å². The highest BCUT2D eigenvalue weighted by atomic mass is 35.5. The molecule has 1 saturated heterocycles. The first-order valence-corrected chi connectivity index (χ1v) is 8.37. The number of nitrogens with zero attached hydrogens (tertiary/aromatic N) is 2. The lowest BCUT2D eigenvalue weighted by atomic mass is 10.0. The number of allylic oxidation sites excluding steroid dienone is 1. The highest BCUT2D eigenvalue weighted by Crippen LogP contribution is 2.26. The van der Waals surface area contributed by atoms with Crippen LogP contribution in [0.2, 0.25) is 5.02 Å². The van der Waals surface area contributed by atoms with Crippen LogP contribution in [0.3, 0.4) is 0 Å². The molecule has 0 bridgehead atoms. The van der Waals surface area contributed by atoms with Crippen molar-refractivity contribution in [2.24, 2.45) is 0 Å². The van der Waals surface area contributed by atoms with Crippen LogP contribution >= 0.6 is 11.6 Å². The second-order valence-corrected chi connectivity index (χ2v) is 6.20. The summed E-state index contributed by atoms with van der Waals surface area (Å²) in [6, 6.07) is 18.1. The van der Waals surface area contributed by atoms with Crippen molar-refractivity contribution in [3.63, 3.8) is 0 Å². The molecule has 2 nitrogen and oxygen atoms in total. The van der Waals surface area contributed by atoms with Gasteiger partial charge in [-0.2, -0.15) is 5.26 Å². The Morgan fingerprint density at radius 2 is 1.70 bits per heavy atom. The van der Waals surface area contributed by atoms with Crippen LogP contribution in [0.5, 0.6) is 0 Å². The molecule has 23 heavy (non-hydrogen) atoms. The zero-order valence-electron chi connectivity index (χ0n) is 13.0. The molecule has 2 aromatic carbocycles. The first kappa shape index (κ1) is 15.6. The molecule has 1 aliphatic rings. The highest BCUT2D eigenvalue weighted by Gasteiger charge is 2.10. The largest absolute Gasteiger partial charge is 0.372 e. The van der Waals surface area contributed by atoms with Gasteiger partial charge in [-0.05, 0) is 49.1 Å². The molecule has 0 aliphatic carbocycles. The summed E-state index contributed by atoms with van der Waals surface area (Å²) in [4.78, 5) is 2.43. The van der Waals surface area contributed by atoms with Crippen molar-refractivity contribution >= 4 is 28.9 Å². The fourth-order valence-corrected chi connectivity index (χ4v) is 3.19. The van der Waals surface area contributed by atoms with Crippen molar-refractivity contribution in [1.82, 2.24) is 0 Å². The van der Waals surface area contributed by atoms with E-state index in [-0.39, 0.29) is 0 Å². The van der Waals surface area contributed by atoms with Gasteiger partial charge in [0.05, 0.1) is 11.6 Å². The SMILES string of the molecule is N#C/C(=C\c1ccc(N2CCCCC2)cc1)c1ccccc1Cl. The average molecular weight is 323 g/mol. The molecule has 2 aromatic rings. The Morgan fingerprint density at radius 1 is 1.00 bits per heavy atom. The van der Waals surface area contributed by atoms with E-state index in [4.69, 9.17) is 11.6 Å². The van der Waals surface area contributed by atoms with Crippen LogP contribution in [0.4, 0.5) is 5.69 Å². The lowest BCUT2D eigenvalue weighted by Crippen LogP contribution is -2.29. The van der Waals surface area contributed by atoms with Crippen LogP contribution in [-0.2, 0) is 0 Å². The molecule has 0 aromatic heterocycles. The molecule has 0 saturated carbocycles. The van der Waals surface area contributed by atoms with Gasteiger partial charge in [0, 0.05) is 29.4 Å². The van der Waals surface area contributed by atoms with Crippen LogP contribution in [0, 0.1) is 11.3 Å². The highest BCUT2D eigenvalue weighted by molar-refractivity contribution is 6.32. The van der Waals surface area contributed by atoms with E-state index in [9.17, 15) is 5.26 Å². The molecule has 3 heteroatoms. The normalized spacial score (nSPS) is 15.3. The van der Waals surface area contributed by atoms with Gasteiger partial charge in [0.1, 0.15) is 0 Å². The van der Waals surface area contributed by atoms with Crippen molar-refractivity contribution in [2.45, 2.75) is 19.3 Å². The zero-order valence-corrected chi connectivity index (χ0v) is 13.8. The fraction of sp³-hybridized carbons (Fsp3) is 0.250. The predicted octanol–water partition coefficient (Wildman–Crippen LogP) is 5.39. The Hall–Kier alpha value is -2.24. The maximum Gasteiger partial charge on any atom is 0.0998 e. The van der Waals surface area contributed by atoms with Crippen molar-refractivity contribution < 1.29 is 0 Å².